The van der Waals surface area contributed by atoms with Crippen molar-refractivity contribution in [1.29, 1.82) is 0 Å². The van der Waals surface area contributed by atoms with Gasteiger partial charge in [0, 0.05) is 24.6 Å². The first kappa shape index (κ1) is 21.0. The number of sulfonamides is 1. The molecule has 0 aliphatic carbocycles. The zero-order valence-corrected chi connectivity index (χ0v) is 16.1. The molecule has 0 bridgehead atoms. The van der Waals surface area contributed by atoms with E-state index >= 15 is 0 Å². The molecule has 8 heteroatoms. The first-order chi connectivity index (χ1) is 11.3. The van der Waals surface area contributed by atoms with Gasteiger partial charge in [0.15, 0.2) is 0 Å². The van der Waals surface area contributed by atoms with Crippen LogP contribution in [0.4, 0.5) is 0 Å². The fourth-order valence-electron chi connectivity index (χ4n) is 1.79. The Hall–Kier alpha value is -1.09. The van der Waals surface area contributed by atoms with E-state index in [1.54, 1.807) is 49.1 Å². The first-order valence-corrected chi connectivity index (χ1v) is 10.1. The Balaban J connectivity index is 2.42. The summed E-state index contributed by atoms with van der Waals surface area (Å²) >= 11 is 1.60. The van der Waals surface area contributed by atoms with Crippen LogP contribution in [0.2, 0.25) is 0 Å². The second kappa shape index (κ2) is 10.0. The second-order valence-electron chi connectivity index (χ2n) is 5.31. The maximum atomic E-state index is 12.4. The maximum Gasteiger partial charge on any atom is 0.331 e. The molecule has 1 aromatic rings. The van der Waals surface area contributed by atoms with Crippen LogP contribution in [0, 0.1) is 0 Å². The van der Waals surface area contributed by atoms with Crippen molar-refractivity contribution >= 4 is 27.8 Å². The van der Waals surface area contributed by atoms with Crippen molar-refractivity contribution in [1.82, 2.24) is 4.31 Å². The minimum atomic E-state index is -3.45. The van der Waals surface area contributed by atoms with Crippen LogP contribution in [0.25, 0.3) is 0 Å². The number of nitrogens with zero attached hydrogens (tertiary/aromatic N) is 1. The minimum Gasteiger partial charge on any atom is -0.467 e. The summed E-state index contributed by atoms with van der Waals surface area (Å²) in [7, 11) is -0.563. The van der Waals surface area contributed by atoms with Gasteiger partial charge >= 0.3 is 5.97 Å². The lowest BCUT2D eigenvalue weighted by atomic mass is 10.3. The molecule has 136 valence electrons. The van der Waals surface area contributed by atoms with Crippen molar-refractivity contribution in [2.45, 2.75) is 30.1 Å². The fourth-order valence-corrected chi connectivity index (χ4v) is 4.20. The highest BCUT2D eigenvalue weighted by molar-refractivity contribution is 8.00. The Labute approximate surface area is 148 Å². The molecule has 1 rings (SSSR count). The van der Waals surface area contributed by atoms with Gasteiger partial charge < -0.3 is 9.47 Å². The second-order valence-corrected chi connectivity index (χ2v) is 8.84. The van der Waals surface area contributed by atoms with Gasteiger partial charge in [-0.25, -0.2) is 17.5 Å². The molecule has 0 fully saturated rings. The zero-order valence-electron chi connectivity index (χ0n) is 14.5. The summed E-state index contributed by atoms with van der Waals surface area (Å²) in [5.74, 6) is 0.225. The topological polar surface area (TPSA) is 72.9 Å². The van der Waals surface area contributed by atoms with E-state index in [0.29, 0.717) is 17.2 Å². The van der Waals surface area contributed by atoms with E-state index in [4.69, 9.17) is 4.74 Å². The van der Waals surface area contributed by atoms with Gasteiger partial charge in [0.1, 0.15) is 6.61 Å². The van der Waals surface area contributed by atoms with Gasteiger partial charge in [-0.1, -0.05) is 25.1 Å². The number of ether oxygens (including phenoxy) is 2. The largest absolute Gasteiger partial charge is 0.467 e. The van der Waals surface area contributed by atoms with Crippen molar-refractivity contribution < 1.29 is 22.7 Å². The van der Waals surface area contributed by atoms with Gasteiger partial charge in [-0.15, -0.1) is 0 Å². The monoisotopic (exact) mass is 375 g/mol. The van der Waals surface area contributed by atoms with Crippen LogP contribution in [0.1, 0.15) is 13.8 Å². The molecule has 0 saturated carbocycles. The van der Waals surface area contributed by atoms with E-state index in [2.05, 4.69) is 4.74 Å². The van der Waals surface area contributed by atoms with Crippen LogP contribution >= 0.6 is 11.8 Å². The predicted molar refractivity (Wildman–Crippen MR) is 95.6 cm³/mol. The Morgan fingerprint density at radius 2 is 1.88 bits per heavy atom. The summed E-state index contributed by atoms with van der Waals surface area (Å²) in [6, 6.07) is 8.37. The molecule has 0 amide bonds. The van der Waals surface area contributed by atoms with Crippen LogP contribution in [-0.2, 0) is 24.3 Å². The smallest absolute Gasteiger partial charge is 0.331 e. The van der Waals surface area contributed by atoms with Crippen molar-refractivity contribution in [2.75, 3.05) is 33.1 Å². The van der Waals surface area contributed by atoms with Crippen LogP contribution < -0.4 is 0 Å². The van der Waals surface area contributed by atoms with Gasteiger partial charge in [0.05, 0.1) is 18.1 Å². The number of thioether (sulfide) groups is 1. The van der Waals surface area contributed by atoms with Gasteiger partial charge in [-0.2, -0.15) is 11.8 Å². The first-order valence-electron chi connectivity index (χ1n) is 7.60. The summed E-state index contributed by atoms with van der Waals surface area (Å²) < 4.78 is 36.1. The standard InChI is InChI=1S/C16H25NO5S2/c1-13(22-12-16(18)21-4)14(2)23-11-10-17(3)24(19,20)15-8-6-5-7-9-15/h5-9,13-14H,10-12H2,1-4H3/t13?,14-/m1/s1. The lowest BCUT2D eigenvalue weighted by Gasteiger charge is -2.21. The molecule has 1 unspecified atom stereocenters. The quantitative estimate of drug-likeness (QED) is 0.583. The number of hydrogen-bond acceptors (Lipinski definition) is 6. The molecule has 2 atom stereocenters. The highest BCUT2D eigenvalue weighted by Crippen LogP contribution is 2.19. The predicted octanol–water partition coefficient (Wildman–Crippen LogP) is 2.01. The summed E-state index contributed by atoms with van der Waals surface area (Å²) in [6.45, 7) is 4.18. The summed E-state index contributed by atoms with van der Waals surface area (Å²) in [6.07, 6.45) is -0.134. The van der Waals surface area contributed by atoms with E-state index < -0.39 is 16.0 Å². The Bertz CT molecular complexity index is 606. The maximum absolute atomic E-state index is 12.4. The third-order valence-electron chi connectivity index (χ3n) is 3.59. The SMILES string of the molecule is COC(=O)COC(C)[C@@H](C)SCCN(C)S(=O)(=O)c1ccccc1. The number of esters is 1. The molecule has 0 heterocycles. The Kier molecular flexibility index (Phi) is 8.75. The van der Waals surface area contributed by atoms with E-state index in [0.717, 1.165) is 0 Å². The molecule has 0 N–H and O–H groups in total. The number of carbonyl (C=O) groups excluding carboxylic acids is 1. The molecule has 0 saturated heterocycles. The van der Waals surface area contributed by atoms with Crippen LogP contribution in [0.15, 0.2) is 35.2 Å². The molecule has 0 aliphatic rings. The molecule has 24 heavy (non-hydrogen) atoms. The third kappa shape index (κ3) is 6.43. The van der Waals surface area contributed by atoms with Crippen LogP contribution in [-0.4, -0.2) is 63.1 Å². The number of rotatable bonds is 10. The van der Waals surface area contributed by atoms with Crippen molar-refractivity contribution in [3.05, 3.63) is 30.3 Å². The summed E-state index contributed by atoms with van der Waals surface area (Å²) in [5, 5.41) is 0.127. The molecule has 0 radical (unpaired) electrons. The number of carbonyl (C=O) groups is 1. The normalized spacial score (nSPS) is 14.4. The number of methoxy groups -OCH3 is 1. The molecule has 0 aliphatic heterocycles. The van der Waals surface area contributed by atoms with E-state index in [-0.39, 0.29) is 18.0 Å². The fraction of sp³-hybridized carbons (Fsp3) is 0.562. The van der Waals surface area contributed by atoms with Gasteiger partial charge in [0.25, 0.3) is 0 Å². The van der Waals surface area contributed by atoms with Crippen molar-refractivity contribution in [2.24, 2.45) is 0 Å². The highest BCUT2D eigenvalue weighted by atomic mass is 32.2. The molecule has 6 nitrogen and oxygen atoms in total. The molecular formula is C16H25NO5S2. The van der Waals surface area contributed by atoms with Crippen LogP contribution in [0.3, 0.4) is 0 Å². The average Bonchev–Trinajstić information content (AvgIpc) is 2.59. The van der Waals surface area contributed by atoms with E-state index in [1.165, 1.54) is 11.4 Å². The van der Waals surface area contributed by atoms with Crippen molar-refractivity contribution in [3.8, 4) is 0 Å². The number of hydrogen-bond donors (Lipinski definition) is 0. The van der Waals surface area contributed by atoms with E-state index in [9.17, 15) is 13.2 Å². The van der Waals surface area contributed by atoms with Gasteiger partial charge in [-0.3, -0.25) is 0 Å². The van der Waals surface area contributed by atoms with Crippen molar-refractivity contribution in [3.63, 3.8) is 0 Å². The lowest BCUT2D eigenvalue weighted by Crippen LogP contribution is -2.30. The summed E-state index contributed by atoms with van der Waals surface area (Å²) in [4.78, 5) is 11.4. The Morgan fingerprint density at radius 3 is 2.46 bits per heavy atom. The molecule has 0 spiro atoms. The molecule has 0 aromatic heterocycles. The highest BCUT2D eigenvalue weighted by Gasteiger charge is 2.21. The molecular weight excluding hydrogens is 350 g/mol. The Morgan fingerprint density at radius 1 is 1.25 bits per heavy atom. The number of benzene rings is 1. The molecule has 1 aromatic carbocycles. The summed E-state index contributed by atoms with van der Waals surface area (Å²) in [5.41, 5.74) is 0. The van der Waals surface area contributed by atoms with E-state index in [1.807, 2.05) is 13.8 Å². The zero-order chi connectivity index (χ0) is 18.2. The average molecular weight is 376 g/mol. The third-order valence-corrected chi connectivity index (χ3v) is 6.79. The van der Waals surface area contributed by atoms with Gasteiger partial charge in [0.2, 0.25) is 10.0 Å². The lowest BCUT2D eigenvalue weighted by molar-refractivity contribution is -0.147. The van der Waals surface area contributed by atoms with Gasteiger partial charge in [-0.05, 0) is 19.1 Å². The minimum absolute atomic E-state index is 0.0785. The van der Waals surface area contributed by atoms with Crippen LogP contribution in [0.5, 0.6) is 0 Å².